The van der Waals surface area contributed by atoms with E-state index in [1.807, 2.05) is 11.4 Å². The molecule has 1 aromatic heterocycles. The number of carbonyl (C=O) groups excluding carboxylic acids is 3. The zero-order chi connectivity index (χ0) is 19.6. The van der Waals surface area contributed by atoms with Crippen LogP contribution in [0, 0.1) is 0 Å². The number of cyclic esters (lactones) is 1. The summed E-state index contributed by atoms with van der Waals surface area (Å²) in [7, 11) is 0. The van der Waals surface area contributed by atoms with Gasteiger partial charge in [-0.3, -0.25) is 9.59 Å². The largest absolute Gasteiger partial charge is 0.423 e. The molecule has 2 heterocycles. The molecule has 0 unspecified atom stereocenters. The minimum Gasteiger partial charge on any atom is -0.423 e. The smallest absolute Gasteiger partial charge is 0.363 e. The zero-order valence-electron chi connectivity index (χ0n) is 14.1. The number of hydrogen-bond acceptors (Lipinski definition) is 8. The lowest BCUT2D eigenvalue weighted by molar-refractivity contribution is -0.134. The average molecular weight is 406 g/mol. The van der Waals surface area contributed by atoms with Crippen LogP contribution in [0.3, 0.4) is 0 Å². The second kappa shape index (κ2) is 7.73. The lowest BCUT2D eigenvalue weighted by Gasteiger charge is -2.11. The van der Waals surface area contributed by atoms with Gasteiger partial charge in [0.05, 0.1) is 9.90 Å². The van der Waals surface area contributed by atoms with Crippen molar-refractivity contribution >= 4 is 52.8 Å². The Hall–Kier alpha value is -2.97. The predicted octanol–water partition coefficient (Wildman–Crippen LogP) is 3.60. The Bertz CT molecular complexity index is 994. The first-order valence-corrected chi connectivity index (χ1v) is 8.86. The average Bonchev–Trinajstić information content (AvgIpc) is 3.20. The Morgan fingerprint density at radius 1 is 1.22 bits per heavy atom. The summed E-state index contributed by atoms with van der Waals surface area (Å²) in [5.41, 5.74) is 0.471. The van der Waals surface area contributed by atoms with Crippen LogP contribution in [0.1, 0.15) is 24.3 Å². The second-order valence-electron chi connectivity index (χ2n) is 5.33. The number of nitrogens with zero attached hydrogens (tertiary/aromatic N) is 1. The van der Waals surface area contributed by atoms with E-state index < -0.39 is 17.9 Å². The monoisotopic (exact) mass is 405 g/mol. The molecule has 0 radical (unpaired) electrons. The topological polar surface area (TPSA) is 91.3 Å². The SMILES string of the molecule is CC(=O)Oc1cc(/C=C2\N=C(c3cccs3)OC2=O)cc(Cl)c1OC(C)=O. The summed E-state index contributed by atoms with van der Waals surface area (Å²) in [4.78, 5) is 39.5. The minimum absolute atomic E-state index is 0.0321. The van der Waals surface area contributed by atoms with E-state index in [1.165, 1.54) is 43.4 Å². The molecule has 138 valence electrons. The summed E-state index contributed by atoms with van der Waals surface area (Å²) in [5, 5.41) is 1.87. The third-order valence-corrected chi connectivity index (χ3v) is 4.33. The van der Waals surface area contributed by atoms with Crippen LogP contribution in [0.15, 0.2) is 40.3 Å². The van der Waals surface area contributed by atoms with E-state index in [0.717, 1.165) is 4.88 Å². The van der Waals surface area contributed by atoms with Gasteiger partial charge in [-0.2, -0.15) is 0 Å². The summed E-state index contributed by atoms with van der Waals surface area (Å²) in [6, 6.07) is 6.45. The van der Waals surface area contributed by atoms with Crippen LogP contribution in [0.4, 0.5) is 0 Å². The molecule has 1 aliphatic heterocycles. The van der Waals surface area contributed by atoms with E-state index in [0.29, 0.717) is 5.56 Å². The van der Waals surface area contributed by atoms with Crippen molar-refractivity contribution in [3.8, 4) is 11.5 Å². The van der Waals surface area contributed by atoms with Crippen LogP contribution >= 0.6 is 22.9 Å². The number of esters is 3. The number of ether oxygens (including phenoxy) is 3. The number of benzene rings is 1. The van der Waals surface area contributed by atoms with Gasteiger partial charge >= 0.3 is 17.9 Å². The fraction of sp³-hybridized carbons (Fsp3) is 0.111. The Kier molecular flexibility index (Phi) is 5.38. The standard InChI is InChI=1S/C18H12ClNO6S/c1-9(21)24-14-8-11(6-12(19)16(14)25-10(2)22)7-13-18(23)26-17(20-13)15-4-3-5-27-15/h3-8H,1-2H3/b13-7-. The third kappa shape index (κ3) is 4.42. The summed E-state index contributed by atoms with van der Waals surface area (Å²) < 4.78 is 15.2. The molecule has 2 aromatic rings. The maximum absolute atomic E-state index is 12.1. The molecule has 9 heteroatoms. The van der Waals surface area contributed by atoms with Gasteiger partial charge in [-0.1, -0.05) is 17.7 Å². The van der Waals surface area contributed by atoms with Gasteiger partial charge < -0.3 is 14.2 Å². The fourth-order valence-corrected chi connectivity index (χ4v) is 3.12. The van der Waals surface area contributed by atoms with Gasteiger partial charge in [0.2, 0.25) is 5.90 Å². The van der Waals surface area contributed by atoms with Crippen LogP contribution in [0.25, 0.3) is 6.08 Å². The highest BCUT2D eigenvalue weighted by Gasteiger charge is 2.25. The van der Waals surface area contributed by atoms with Crippen molar-refractivity contribution in [2.75, 3.05) is 0 Å². The highest BCUT2D eigenvalue weighted by Crippen LogP contribution is 2.38. The zero-order valence-corrected chi connectivity index (χ0v) is 15.7. The Morgan fingerprint density at radius 3 is 2.59 bits per heavy atom. The van der Waals surface area contributed by atoms with Gasteiger partial charge in [0, 0.05) is 13.8 Å². The maximum Gasteiger partial charge on any atom is 0.363 e. The lowest BCUT2D eigenvalue weighted by atomic mass is 10.1. The maximum atomic E-state index is 12.1. The predicted molar refractivity (Wildman–Crippen MR) is 99.0 cm³/mol. The number of rotatable bonds is 4. The normalized spacial score (nSPS) is 14.7. The number of halogens is 1. The molecule has 0 bridgehead atoms. The van der Waals surface area contributed by atoms with Crippen molar-refractivity contribution in [3.05, 3.63) is 50.8 Å². The molecule has 0 fully saturated rings. The fourth-order valence-electron chi connectivity index (χ4n) is 2.22. The first-order chi connectivity index (χ1) is 12.8. The van der Waals surface area contributed by atoms with Gasteiger partial charge in [0.15, 0.2) is 17.2 Å². The number of aliphatic imine (C=N–C) groups is 1. The molecule has 7 nitrogen and oxygen atoms in total. The summed E-state index contributed by atoms with van der Waals surface area (Å²) in [6.45, 7) is 2.39. The first kappa shape index (κ1) is 18.8. The van der Waals surface area contributed by atoms with Gasteiger partial charge in [-0.25, -0.2) is 9.79 Å². The first-order valence-electron chi connectivity index (χ1n) is 7.60. The van der Waals surface area contributed by atoms with Gasteiger partial charge in [-0.15, -0.1) is 11.3 Å². The van der Waals surface area contributed by atoms with Gasteiger partial charge in [0.1, 0.15) is 0 Å². The van der Waals surface area contributed by atoms with E-state index >= 15 is 0 Å². The van der Waals surface area contributed by atoms with Crippen molar-refractivity contribution in [1.29, 1.82) is 0 Å². The van der Waals surface area contributed by atoms with E-state index in [4.69, 9.17) is 25.8 Å². The Labute approximate surface area is 162 Å². The molecular formula is C18H12ClNO6S. The van der Waals surface area contributed by atoms with Crippen molar-refractivity contribution in [1.82, 2.24) is 0 Å². The van der Waals surface area contributed by atoms with Crippen molar-refractivity contribution < 1.29 is 28.6 Å². The summed E-state index contributed by atoms with van der Waals surface area (Å²) in [6.07, 6.45) is 1.43. The Morgan fingerprint density at radius 2 is 1.96 bits per heavy atom. The highest BCUT2D eigenvalue weighted by atomic mass is 35.5. The van der Waals surface area contributed by atoms with Crippen LogP contribution < -0.4 is 9.47 Å². The van der Waals surface area contributed by atoms with Crippen molar-refractivity contribution in [3.63, 3.8) is 0 Å². The van der Waals surface area contributed by atoms with E-state index in [1.54, 1.807) is 6.07 Å². The van der Waals surface area contributed by atoms with Crippen LogP contribution in [-0.4, -0.2) is 23.8 Å². The third-order valence-electron chi connectivity index (χ3n) is 3.19. The van der Waals surface area contributed by atoms with E-state index in [9.17, 15) is 14.4 Å². The van der Waals surface area contributed by atoms with Crippen LogP contribution in [-0.2, 0) is 19.1 Å². The highest BCUT2D eigenvalue weighted by molar-refractivity contribution is 7.12. The van der Waals surface area contributed by atoms with E-state index in [2.05, 4.69) is 4.99 Å². The lowest BCUT2D eigenvalue weighted by Crippen LogP contribution is -2.08. The molecule has 0 saturated carbocycles. The molecule has 0 N–H and O–H groups in total. The molecular weight excluding hydrogens is 394 g/mol. The molecule has 0 amide bonds. The molecule has 1 aliphatic rings. The number of hydrogen-bond donors (Lipinski definition) is 0. The molecule has 0 aliphatic carbocycles. The molecule has 3 rings (SSSR count). The summed E-state index contributed by atoms with van der Waals surface area (Å²) in [5.74, 6) is -1.79. The quantitative estimate of drug-likeness (QED) is 0.438. The number of carbonyl (C=O) groups is 3. The molecule has 0 saturated heterocycles. The van der Waals surface area contributed by atoms with Crippen molar-refractivity contribution in [2.24, 2.45) is 4.99 Å². The van der Waals surface area contributed by atoms with Crippen molar-refractivity contribution in [2.45, 2.75) is 13.8 Å². The Balaban J connectivity index is 2.00. The summed E-state index contributed by atoms with van der Waals surface area (Å²) >= 11 is 7.53. The number of thiophene rings is 1. The molecule has 1 aromatic carbocycles. The molecule has 0 spiro atoms. The van der Waals surface area contributed by atoms with Crippen LogP contribution in [0.2, 0.25) is 5.02 Å². The second-order valence-corrected chi connectivity index (χ2v) is 6.69. The van der Waals surface area contributed by atoms with E-state index in [-0.39, 0.29) is 28.1 Å². The minimum atomic E-state index is -0.624. The van der Waals surface area contributed by atoms with Gasteiger partial charge in [-0.05, 0) is 35.2 Å². The van der Waals surface area contributed by atoms with Gasteiger partial charge in [0.25, 0.3) is 0 Å². The van der Waals surface area contributed by atoms with Crippen LogP contribution in [0.5, 0.6) is 11.5 Å². The molecule has 27 heavy (non-hydrogen) atoms. The molecule has 0 atom stereocenters.